The lowest BCUT2D eigenvalue weighted by atomic mass is 10.2. The average Bonchev–Trinajstić information content (AvgIpc) is 2.59. The van der Waals surface area contributed by atoms with Gasteiger partial charge in [-0.15, -0.1) is 0 Å². The van der Waals surface area contributed by atoms with Crippen molar-refractivity contribution >= 4 is 21.6 Å². The van der Waals surface area contributed by atoms with Crippen LogP contribution in [0.15, 0.2) is 53.4 Å². The topological polar surface area (TPSA) is 75.7 Å². The highest BCUT2D eigenvalue weighted by Gasteiger charge is 2.23. The van der Waals surface area contributed by atoms with E-state index in [2.05, 4.69) is 4.72 Å². The molecule has 0 aliphatic heterocycles. The molecule has 0 aliphatic rings. The minimum atomic E-state index is -3.79. The highest BCUT2D eigenvalue weighted by atomic mass is 32.2. The molecule has 0 unspecified atom stereocenters. The number of methoxy groups -OCH3 is 1. The maximum atomic E-state index is 12.7. The predicted octanol–water partition coefficient (Wildman–Crippen LogP) is 2.66. The molecule has 6 nitrogen and oxygen atoms in total. The lowest BCUT2D eigenvalue weighted by molar-refractivity contribution is 0.0992. The molecule has 1 amide bonds. The van der Waals surface area contributed by atoms with Gasteiger partial charge in [-0.1, -0.05) is 18.2 Å². The number of ether oxygens (including phenoxy) is 1. The monoisotopic (exact) mass is 362 g/mol. The Morgan fingerprint density at radius 3 is 2.32 bits per heavy atom. The van der Waals surface area contributed by atoms with E-state index in [4.69, 9.17) is 4.74 Å². The third kappa shape index (κ3) is 4.37. The smallest absolute Gasteiger partial charge is 0.258 e. The van der Waals surface area contributed by atoms with E-state index in [0.29, 0.717) is 5.69 Å². The van der Waals surface area contributed by atoms with Crippen LogP contribution in [0.4, 0.5) is 5.69 Å². The van der Waals surface area contributed by atoms with Crippen LogP contribution in [0, 0.1) is 0 Å². The van der Waals surface area contributed by atoms with Gasteiger partial charge in [0.25, 0.3) is 5.91 Å². The number of nitrogens with zero attached hydrogens (tertiary/aromatic N) is 1. The Bertz CT molecular complexity index is 849. The second-order valence-corrected chi connectivity index (χ2v) is 7.52. The van der Waals surface area contributed by atoms with Gasteiger partial charge in [-0.2, -0.15) is 0 Å². The Kier molecular flexibility index (Phi) is 5.81. The molecule has 134 valence electrons. The van der Waals surface area contributed by atoms with Gasteiger partial charge in [0.2, 0.25) is 10.0 Å². The van der Waals surface area contributed by atoms with Gasteiger partial charge in [0.05, 0.1) is 7.11 Å². The SMILES string of the molecule is COc1ccc(C(=O)N(C)c2ccccc2)cc1S(=O)(=O)NC(C)C. The molecule has 0 aliphatic carbocycles. The van der Waals surface area contributed by atoms with E-state index in [9.17, 15) is 13.2 Å². The Hall–Kier alpha value is -2.38. The van der Waals surface area contributed by atoms with Crippen LogP contribution in [0.1, 0.15) is 24.2 Å². The minimum absolute atomic E-state index is 0.0592. The predicted molar refractivity (Wildman–Crippen MR) is 97.6 cm³/mol. The summed E-state index contributed by atoms with van der Waals surface area (Å²) in [6, 6.07) is 13.2. The Labute approximate surface area is 148 Å². The van der Waals surface area contributed by atoms with Gasteiger partial charge in [-0.05, 0) is 44.2 Å². The number of carbonyl (C=O) groups is 1. The summed E-state index contributed by atoms with van der Waals surface area (Å²) < 4.78 is 32.7. The number of hydrogen-bond acceptors (Lipinski definition) is 4. The highest BCUT2D eigenvalue weighted by molar-refractivity contribution is 7.89. The molecular weight excluding hydrogens is 340 g/mol. The number of rotatable bonds is 6. The van der Waals surface area contributed by atoms with Crippen LogP contribution in [0.3, 0.4) is 0 Å². The molecule has 2 aromatic carbocycles. The fourth-order valence-corrected chi connectivity index (χ4v) is 3.80. The number of para-hydroxylation sites is 1. The number of amides is 1. The summed E-state index contributed by atoms with van der Waals surface area (Å²) in [5, 5.41) is 0. The fourth-order valence-electron chi connectivity index (χ4n) is 2.36. The second-order valence-electron chi connectivity index (χ2n) is 5.84. The van der Waals surface area contributed by atoms with E-state index in [-0.39, 0.29) is 28.2 Å². The first-order valence-corrected chi connectivity index (χ1v) is 9.28. The van der Waals surface area contributed by atoms with Gasteiger partial charge in [0.15, 0.2) is 0 Å². The molecule has 0 radical (unpaired) electrons. The molecule has 0 spiro atoms. The molecule has 2 aromatic rings. The van der Waals surface area contributed by atoms with Crippen molar-refractivity contribution < 1.29 is 17.9 Å². The fraction of sp³-hybridized carbons (Fsp3) is 0.278. The van der Waals surface area contributed by atoms with Gasteiger partial charge < -0.3 is 9.64 Å². The van der Waals surface area contributed by atoms with Gasteiger partial charge in [0.1, 0.15) is 10.6 Å². The van der Waals surface area contributed by atoms with E-state index in [0.717, 1.165) is 0 Å². The standard InChI is InChI=1S/C18H22N2O4S/c1-13(2)19-25(22,23)17-12-14(10-11-16(17)24-4)18(21)20(3)15-8-6-5-7-9-15/h5-13,19H,1-4H3. The first kappa shape index (κ1) is 19.0. The Balaban J connectivity index is 2.43. The zero-order valence-corrected chi connectivity index (χ0v) is 15.5. The first-order chi connectivity index (χ1) is 11.8. The zero-order chi connectivity index (χ0) is 18.6. The van der Waals surface area contributed by atoms with E-state index >= 15 is 0 Å². The van der Waals surface area contributed by atoms with Crippen LogP contribution in [0.2, 0.25) is 0 Å². The number of benzene rings is 2. The molecule has 1 N–H and O–H groups in total. The lowest BCUT2D eigenvalue weighted by Gasteiger charge is -2.19. The van der Waals surface area contributed by atoms with E-state index in [1.54, 1.807) is 39.1 Å². The largest absolute Gasteiger partial charge is 0.495 e. The quantitative estimate of drug-likeness (QED) is 0.857. The van der Waals surface area contributed by atoms with Crippen LogP contribution in [0.5, 0.6) is 5.75 Å². The Morgan fingerprint density at radius 2 is 1.76 bits per heavy atom. The summed E-state index contributed by atoms with van der Waals surface area (Å²) in [6.07, 6.45) is 0. The van der Waals surface area contributed by atoms with E-state index in [1.807, 2.05) is 18.2 Å². The summed E-state index contributed by atoms with van der Waals surface area (Å²) in [4.78, 5) is 14.1. The van der Waals surface area contributed by atoms with E-state index in [1.165, 1.54) is 24.1 Å². The van der Waals surface area contributed by atoms with Gasteiger partial charge in [-0.3, -0.25) is 4.79 Å². The molecule has 25 heavy (non-hydrogen) atoms. The van der Waals surface area contributed by atoms with Crippen molar-refractivity contribution in [1.29, 1.82) is 0 Å². The number of anilines is 1. The van der Waals surface area contributed by atoms with Crippen LogP contribution in [-0.4, -0.2) is 34.5 Å². The molecular formula is C18H22N2O4S. The summed E-state index contributed by atoms with van der Waals surface area (Å²) in [6.45, 7) is 3.45. The molecule has 0 saturated heterocycles. The molecule has 0 fully saturated rings. The van der Waals surface area contributed by atoms with Gasteiger partial charge in [-0.25, -0.2) is 13.1 Å². The molecule has 2 rings (SSSR count). The summed E-state index contributed by atoms with van der Waals surface area (Å²) >= 11 is 0. The van der Waals surface area contributed by atoms with Crippen molar-refractivity contribution in [2.24, 2.45) is 0 Å². The molecule has 7 heteroatoms. The normalized spacial score (nSPS) is 11.4. The maximum Gasteiger partial charge on any atom is 0.258 e. The van der Waals surface area contributed by atoms with Crippen LogP contribution < -0.4 is 14.4 Å². The number of nitrogens with one attached hydrogen (secondary N) is 1. The number of carbonyl (C=O) groups excluding carboxylic acids is 1. The second kappa shape index (κ2) is 7.67. The summed E-state index contributed by atoms with van der Waals surface area (Å²) in [7, 11) is -0.763. The summed E-state index contributed by atoms with van der Waals surface area (Å²) in [5.74, 6) is -0.123. The van der Waals surface area contributed by atoms with Crippen molar-refractivity contribution in [1.82, 2.24) is 4.72 Å². The van der Waals surface area contributed by atoms with Crippen LogP contribution >= 0.6 is 0 Å². The molecule has 0 heterocycles. The third-order valence-electron chi connectivity index (χ3n) is 3.54. The Morgan fingerprint density at radius 1 is 1.12 bits per heavy atom. The van der Waals surface area contributed by atoms with Crippen molar-refractivity contribution in [3.63, 3.8) is 0 Å². The lowest BCUT2D eigenvalue weighted by Crippen LogP contribution is -2.31. The van der Waals surface area contributed by atoms with E-state index < -0.39 is 10.0 Å². The van der Waals surface area contributed by atoms with Crippen molar-refractivity contribution in [3.05, 3.63) is 54.1 Å². The van der Waals surface area contributed by atoms with Gasteiger partial charge in [0, 0.05) is 24.3 Å². The van der Waals surface area contributed by atoms with Gasteiger partial charge >= 0.3 is 0 Å². The molecule has 0 bridgehead atoms. The molecule has 0 aromatic heterocycles. The number of hydrogen-bond donors (Lipinski definition) is 1. The van der Waals surface area contributed by atoms with Crippen molar-refractivity contribution in [2.45, 2.75) is 24.8 Å². The first-order valence-electron chi connectivity index (χ1n) is 7.79. The minimum Gasteiger partial charge on any atom is -0.495 e. The maximum absolute atomic E-state index is 12.7. The molecule has 0 atom stereocenters. The van der Waals surface area contributed by atoms with Crippen LogP contribution in [0.25, 0.3) is 0 Å². The molecule has 0 saturated carbocycles. The zero-order valence-electron chi connectivity index (χ0n) is 14.7. The van der Waals surface area contributed by atoms with Crippen molar-refractivity contribution in [2.75, 3.05) is 19.1 Å². The highest BCUT2D eigenvalue weighted by Crippen LogP contribution is 2.26. The summed E-state index contributed by atoms with van der Waals surface area (Å²) in [5.41, 5.74) is 0.976. The number of sulfonamides is 1. The van der Waals surface area contributed by atoms with Crippen LogP contribution in [-0.2, 0) is 10.0 Å². The third-order valence-corrected chi connectivity index (χ3v) is 5.22. The van der Waals surface area contributed by atoms with Crippen molar-refractivity contribution in [3.8, 4) is 5.75 Å². The average molecular weight is 362 g/mol.